The number of nitrogens with zero attached hydrogens (tertiary/aromatic N) is 2. The van der Waals surface area contributed by atoms with Gasteiger partial charge in [0, 0.05) is 13.7 Å². The fourth-order valence-electron chi connectivity index (χ4n) is 0.887. The molecule has 0 spiro atoms. The van der Waals surface area contributed by atoms with Crippen LogP contribution in [0.1, 0.15) is 5.01 Å². The average Bonchev–Trinajstić information content (AvgIpc) is 2.59. The van der Waals surface area contributed by atoms with Crippen molar-refractivity contribution in [3.8, 4) is 0 Å². The molecule has 0 fully saturated rings. The topological polar surface area (TPSA) is 76.1 Å². The van der Waals surface area contributed by atoms with Crippen LogP contribution < -0.4 is 10.6 Å². The number of amides is 1. The summed E-state index contributed by atoms with van der Waals surface area (Å²) in [5.41, 5.74) is 0. The Morgan fingerprint density at radius 2 is 2.25 bits per heavy atom. The van der Waals surface area contributed by atoms with Gasteiger partial charge in [-0.2, -0.15) is 0 Å². The van der Waals surface area contributed by atoms with Crippen molar-refractivity contribution in [3.63, 3.8) is 0 Å². The zero-order chi connectivity index (χ0) is 11.1. The maximum absolute atomic E-state index is 11.3. The van der Waals surface area contributed by atoms with E-state index >= 15 is 0 Å². The summed E-state index contributed by atoms with van der Waals surface area (Å²) in [6, 6.07) is 0. The summed E-state index contributed by atoms with van der Waals surface area (Å²) >= 11 is 1.35. The standard InChI is InChI=1S/C8H14N4O2S.ClH/c1-6-11-12-8(15-6)10-7(13)5-9-3-4-14-2;/h9H,3-5H2,1-2H3,(H,10,12,13);1H. The molecule has 0 aliphatic rings. The molecule has 16 heavy (non-hydrogen) atoms. The zero-order valence-electron chi connectivity index (χ0n) is 9.15. The van der Waals surface area contributed by atoms with Crippen LogP contribution in [0.5, 0.6) is 0 Å². The highest BCUT2D eigenvalue weighted by Crippen LogP contribution is 2.12. The molecule has 0 aliphatic carbocycles. The first-order chi connectivity index (χ1) is 7.22. The van der Waals surface area contributed by atoms with Gasteiger partial charge in [-0.25, -0.2) is 0 Å². The van der Waals surface area contributed by atoms with Crippen LogP contribution in [0.3, 0.4) is 0 Å². The Hall–Kier alpha value is -0.760. The summed E-state index contributed by atoms with van der Waals surface area (Å²) in [6.45, 7) is 3.33. The number of carbonyl (C=O) groups is 1. The second-order valence-electron chi connectivity index (χ2n) is 2.84. The first-order valence-electron chi connectivity index (χ1n) is 4.52. The molecule has 1 heterocycles. The van der Waals surface area contributed by atoms with Gasteiger partial charge in [0.25, 0.3) is 0 Å². The molecule has 8 heteroatoms. The van der Waals surface area contributed by atoms with E-state index in [0.717, 1.165) is 5.01 Å². The van der Waals surface area contributed by atoms with E-state index < -0.39 is 0 Å². The van der Waals surface area contributed by atoms with E-state index in [1.165, 1.54) is 11.3 Å². The van der Waals surface area contributed by atoms with E-state index in [2.05, 4.69) is 20.8 Å². The molecule has 92 valence electrons. The Bertz CT molecular complexity index is 321. The minimum absolute atomic E-state index is 0. The second-order valence-corrected chi connectivity index (χ2v) is 4.03. The average molecular weight is 267 g/mol. The maximum atomic E-state index is 11.3. The summed E-state index contributed by atoms with van der Waals surface area (Å²) in [5, 5.41) is 14.5. The lowest BCUT2D eigenvalue weighted by atomic mass is 10.5. The Labute approximate surface area is 104 Å². The van der Waals surface area contributed by atoms with E-state index in [-0.39, 0.29) is 24.9 Å². The number of anilines is 1. The number of aryl methyl sites for hydroxylation is 1. The van der Waals surface area contributed by atoms with Crippen LogP contribution in [-0.2, 0) is 9.53 Å². The molecule has 0 aliphatic heterocycles. The van der Waals surface area contributed by atoms with E-state index in [0.29, 0.717) is 18.3 Å². The molecule has 1 rings (SSSR count). The number of hydrogen-bond acceptors (Lipinski definition) is 6. The van der Waals surface area contributed by atoms with E-state index in [1.54, 1.807) is 7.11 Å². The third-order valence-corrected chi connectivity index (χ3v) is 2.30. The molecule has 0 unspecified atom stereocenters. The fourth-order valence-corrected chi connectivity index (χ4v) is 1.49. The molecule has 0 radical (unpaired) electrons. The largest absolute Gasteiger partial charge is 0.383 e. The van der Waals surface area contributed by atoms with Crippen molar-refractivity contribution in [2.75, 3.05) is 32.1 Å². The molecule has 1 amide bonds. The molecule has 0 saturated heterocycles. The van der Waals surface area contributed by atoms with Crippen molar-refractivity contribution < 1.29 is 9.53 Å². The summed E-state index contributed by atoms with van der Waals surface area (Å²) in [4.78, 5) is 11.3. The fraction of sp³-hybridized carbons (Fsp3) is 0.625. The molecular formula is C8H15ClN4O2S. The minimum Gasteiger partial charge on any atom is -0.383 e. The van der Waals surface area contributed by atoms with Gasteiger partial charge in [0.05, 0.1) is 13.2 Å². The van der Waals surface area contributed by atoms with Gasteiger partial charge in [-0.1, -0.05) is 11.3 Å². The summed E-state index contributed by atoms with van der Waals surface area (Å²) < 4.78 is 4.83. The van der Waals surface area contributed by atoms with Crippen LogP contribution in [0.25, 0.3) is 0 Å². The highest BCUT2D eigenvalue weighted by Gasteiger charge is 2.05. The first-order valence-corrected chi connectivity index (χ1v) is 5.33. The molecule has 0 atom stereocenters. The van der Waals surface area contributed by atoms with Crippen LogP contribution in [0, 0.1) is 6.92 Å². The van der Waals surface area contributed by atoms with E-state index in [4.69, 9.17) is 4.74 Å². The summed E-state index contributed by atoms with van der Waals surface area (Å²) in [6.07, 6.45) is 0. The molecular weight excluding hydrogens is 252 g/mol. The van der Waals surface area contributed by atoms with Crippen LogP contribution in [0.2, 0.25) is 0 Å². The Kier molecular flexibility index (Phi) is 8.00. The number of methoxy groups -OCH3 is 1. The van der Waals surface area contributed by atoms with E-state index in [9.17, 15) is 4.79 Å². The van der Waals surface area contributed by atoms with Gasteiger partial charge in [0.1, 0.15) is 5.01 Å². The van der Waals surface area contributed by atoms with Gasteiger partial charge in [-0.15, -0.1) is 22.6 Å². The SMILES string of the molecule is COCCNCC(=O)Nc1nnc(C)s1.Cl. The molecule has 0 aromatic carbocycles. The van der Waals surface area contributed by atoms with Crippen molar-refractivity contribution in [3.05, 3.63) is 5.01 Å². The van der Waals surface area contributed by atoms with Gasteiger partial charge in [0.15, 0.2) is 0 Å². The Morgan fingerprint density at radius 1 is 1.50 bits per heavy atom. The van der Waals surface area contributed by atoms with Crippen LogP contribution in [0.15, 0.2) is 0 Å². The smallest absolute Gasteiger partial charge is 0.240 e. The number of rotatable bonds is 6. The minimum atomic E-state index is -0.123. The van der Waals surface area contributed by atoms with Crippen molar-refractivity contribution in [1.29, 1.82) is 0 Å². The predicted molar refractivity (Wildman–Crippen MR) is 65.3 cm³/mol. The molecule has 2 N–H and O–H groups in total. The van der Waals surface area contributed by atoms with Gasteiger partial charge in [-0.3, -0.25) is 10.1 Å². The summed E-state index contributed by atoms with van der Waals surface area (Å²) in [5.74, 6) is -0.123. The van der Waals surface area contributed by atoms with Gasteiger partial charge < -0.3 is 10.1 Å². The number of ether oxygens (including phenoxy) is 1. The molecule has 1 aromatic rings. The summed E-state index contributed by atoms with van der Waals surface area (Å²) in [7, 11) is 1.62. The number of aromatic nitrogens is 2. The molecule has 6 nitrogen and oxygen atoms in total. The zero-order valence-corrected chi connectivity index (χ0v) is 10.8. The Morgan fingerprint density at radius 3 is 2.81 bits per heavy atom. The van der Waals surface area contributed by atoms with E-state index in [1.807, 2.05) is 6.92 Å². The third-order valence-electron chi connectivity index (χ3n) is 1.54. The van der Waals surface area contributed by atoms with Gasteiger partial charge in [-0.05, 0) is 6.92 Å². The molecule has 1 aromatic heterocycles. The highest BCUT2D eigenvalue weighted by molar-refractivity contribution is 7.15. The normalized spacial score (nSPS) is 9.62. The number of nitrogens with one attached hydrogen (secondary N) is 2. The maximum Gasteiger partial charge on any atom is 0.240 e. The lowest BCUT2D eigenvalue weighted by Gasteiger charge is -2.02. The van der Waals surface area contributed by atoms with Crippen LogP contribution in [-0.4, -0.2) is 42.9 Å². The monoisotopic (exact) mass is 266 g/mol. The van der Waals surface area contributed by atoms with Crippen LogP contribution >= 0.6 is 23.7 Å². The first kappa shape index (κ1) is 15.2. The Balaban J connectivity index is 0.00000225. The van der Waals surface area contributed by atoms with Crippen molar-refractivity contribution in [2.45, 2.75) is 6.92 Å². The quantitative estimate of drug-likeness (QED) is 0.731. The number of hydrogen-bond donors (Lipinski definition) is 2. The molecule has 0 bridgehead atoms. The van der Waals surface area contributed by atoms with Crippen LogP contribution in [0.4, 0.5) is 5.13 Å². The van der Waals surface area contributed by atoms with Gasteiger partial charge in [0.2, 0.25) is 11.0 Å². The number of halogens is 1. The van der Waals surface area contributed by atoms with Crippen molar-refractivity contribution in [1.82, 2.24) is 15.5 Å². The van der Waals surface area contributed by atoms with Gasteiger partial charge >= 0.3 is 0 Å². The highest BCUT2D eigenvalue weighted by atomic mass is 35.5. The number of carbonyl (C=O) groups excluding carboxylic acids is 1. The third kappa shape index (κ3) is 5.96. The lowest BCUT2D eigenvalue weighted by Crippen LogP contribution is -2.30. The van der Waals surface area contributed by atoms with Crippen molar-refractivity contribution in [2.24, 2.45) is 0 Å². The lowest BCUT2D eigenvalue weighted by molar-refractivity contribution is -0.115. The van der Waals surface area contributed by atoms with Crippen molar-refractivity contribution >= 4 is 34.8 Å². The molecule has 0 saturated carbocycles. The predicted octanol–water partition coefficient (Wildman–Crippen LogP) is 0.443. The second kappa shape index (κ2) is 8.40.